The SMILES string of the molecule is COc1ccc(CCNC(=O)c2cnn(C)n2)cc1. The molecule has 6 nitrogen and oxygen atoms in total. The van der Waals surface area contributed by atoms with Crippen molar-refractivity contribution in [1.29, 1.82) is 0 Å². The average molecular weight is 260 g/mol. The van der Waals surface area contributed by atoms with E-state index in [1.807, 2.05) is 24.3 Å². The van der Waals surface area contributed by atoms with Crippen LogP contribution in [0.15, 0.2) is 30.5 Å². The molecule has 2 aromatic rings. The summed E-state index contributed by atoms with van der Waals surface area (Å²) < 4.78 is 5.08. The van der Waals surface area contributed by atoms with Gasteiger partial charge in [0.1, 0.15) is 5.75 Å². The molecule has 0 aliphatic heterocycles. The average Bonchev–Trinajstić information content (AvgIpc) is 2.86. The van der Waals surface area contributed by atoms with Gasteiger partial charge in [-0.05, 0) is 24.1 Å². The van der Waals surface area contributed by atoms with Crippen molar-refractivity contribution in [2.75, 3.05) is 13.7 Å². The maximum atomic E-state index is 11.7. The quantitative estimate of drug-likeness (QED) is 0.863. The Hall–Kier alpha value is -2.37. The van der Waals surface area contributed by atoms with Crippen LogP contribution in [-0.4, -0.2) is 34.6 Å². The third-order valence-electron chi connectivity index (χ3n) is 2.69. The number of carbonyl (C=O) groups excluding carboxylic acids is 1. The van der Waals surface area contributed by atoms with Gasteiger partial charge in [-0.2, -0.15) is 9.90 Å². The van der Waals surface area contributed by atoms with Crippen molar-refractivity contribution in [2.45, 2.75) is 6.42 Å². The van der Waals surface area contributed by atoms with E-state index in [9.17, 15) is 4.79 Å². The Balaban J connectivity index is 1.81. The van der Waals surface area contributed by atoms with Gasteiger partial charge in [-0.25, -0.2) is 0 Å². The lowest BCUT2D eigenvalue weighted by atomic mass is 10.1. The van der Waals surface area contributed by atoms with E-state index < -0.39 is 0 Å². The molecule has 0 saturated heterocycles. The molecular weight excluding hydrogens is 244 g/mol. The van der Waals surface area contributed by atoms with Crippen LogP contribution in [-0.2, 0) is 13.5 Å². The van der Waals surface area contributed by atoms with Crippen molar-refractivity contribution in [3.05, 3.63) is 41.7 Å². The van der Waals surface area contributed by atoms with Crippen molar-refractivity contribution >= 4 is 5.91 Å². The summed E-state index contributed by atoms with van der Waals surface area (Å²) in [5.74, 6) is 0.619. The van der Waals surface area contributed by atoms with Crippen molar-refractivity contribution in [2.24, 2.45) is 7.05 Å². The molecule has 1 aromatic heterocycles. The van der Waals surface area contributed by atoms with E-state index in [1.165, 1.54) is 11.0 Å². The highest BCUT2D eigenvalue weighted by Crippen LogP contribution is 2.11. The van der Waals surface area contributed by atoms with E-state index in [4.69, 9.17) is 4.74 Å². The minimum Gasteiger partial charge on any atom is -0.497 e. The minimum absolute atomic E-state index is 0.207. The topological polar surface area (TPSA) is 69.0 Å². The lowest BCUT2D eigenvalue weighted by molar-refractivity contribution is 0.0948. The van der Waals surface area contributed by atoms with Crippen LogP contribution in [0.4, 0.5) is 0 Å². The van der Waals surface area contributed by atoms with Crippen molar-refractivity contribution in [3.63, 3.8) is 0 Å². The molecule has 0 aliphatic rings. The molecule has 0 bridgehead atoms. The first-order valence-corrected chi connectivity index (χ1v) is 5.96. The van der Waals surface area contributed by atoms with E-state index in [1.54, 1.807) is 14.2 Å². The van der Waals surface area contributed by atoms with Gasteiger partial charge in [-0.1, -0.05) is 12.1 Å². The van der Waals surface area contributed by atoms with E-state index in [2.05, 4.69) is 15.5 Å². The van der Waals surface area contributed by atoms with Gasteiger partial charge in [0.25, 0.3) is 5.91 Å². The second-order valence-electron chi connectivity index (χ2n) is 4.07. The van der Waals surface area contributed by atoms with Gasteiger partial charge in [0.15, 0.2) is 5.69 Å². The lowest BCUT2D eigenvalue weighted by Gasteiger charge is -2.04. The number of methoxy groups -OCH3 is 1. The number of aryl methyl sites for hydroxylation is 1. The van der Waals surface area contributed by atoms with Gasteiger partial charge < -0.3 is 10.1 Å². The largest absolute Gasteiger partial charge is 0.497 e. The molecule has 0 radical (unpaired) electrons. The summed E-state index contributed by atoms with van der Waals surface area (Å²) in [5, 5.41) is 10.6. The highest BCUT2D eigenvalue weighted by Gasteiger charge is 2.08. The van der Waals surface area contributed by atoms with Crippen molar-refractivity contribution in [3.8, 4) is 5.75 Å². The number of hydrogen-bond donors (Lipinski definition) is 1. The first kappa shape index (κ1) is 13.1. The van der Waals surface area contributed by atoms with Gasteiger partial charge in [0, 0.05) is 13.6 Å². The van der Waals surface area contributed by atoms with E-state index in [0.29, 0.717) is 12.2 Å². The predicted octanol–water partition coefficient (Wildman–Crippen LogP) is 0.796. The van der Waals surface area contributed by atoms with Crippen LogP contribution < -0.4 is 10.1 Å². The number of nitrogens with one attached hydrogen (secondary N) is 1. The lowest BCUT2D eigenvalue weighted by Crippen LogP contribution is -2.26. The van der Waals surface area contributed by atoms with Gasteiger partial charge >= 0.3 is 0 Å². The van der Waals surface area contributed by atoms with Crippen LogP contribution in [0.3, 0.4) is 0 Å². The minimum atomic E-state index is -0.207. The number of hydrogen-bond acceptors (Lipinski definition) is 4. The van der Waals surface area contributed by atoms with Gasteiger partial charge in [-0.3, -0.25) is 4.79 Å². The molecule has 0 spiro atoms. The van der Waals surface area contributed by atoms with Gasteiger partial charge in [-0.15, -0.1) is 5.10 Å². The van der Waals surface area contributed by atoms with Crippen LogP contribution >= 0.6 is 0 Å². The number of nitrogens with zero attached hydrogens (tertiary/aromatic N) is 3. The second kappa shape index (κ2) is 5.99. The highest BCUT2D eigenvalue weighted by atomic mass is 16.5. The Bertz CT molecular complexity index is 548. The standard InChI is InChI=1S/C13H16N4O2/c1-17-15-9-12(16-17)13(18)14-8-7-10-3-5-11(19-2)6-4-10/h3-6,9H,7-8H2,1-2H3,(H,14,18). The van der Waals surface area contributed by atoms with Crippen LogP contribution in [0.5, 0.6) is 5.75 Å². The summed E-state index contributed by atoms with van der Waals surface area (Å²) in [4.78, 5) is 13.1. The Kier molecular flexibility index (Phi) is 4.12. The molecule has 1 aromatic carbocycles. The number of carbonyl (C=O) groups is 1. The number of ether oxygens (including phenoxy) is 1. The summed E-state index contributed by atoms with van der Waals surface area (Å²) in [7, 11) is 3.31. The third-order valence-corrected chi connectivity index (χ3v) is 2.69. The summed E-state index contributed by atoms with van der Waals surface area (Å²) in [6, 6.07) is 7.76. The van der Waals surface area contributed by atoms with Gasteiger partial charge in [0.05, 0.1) is 13.3 Å². The molecule has 6 heteroatoms. The zero-order valence-electron chi connectivity index (χ0n) is 11.0. The zero-order valence-corrected chi connectivity index (χ0v) is 11.0. The molecule has 0 unspecified atom stereocenters. The fraction of sp³-hybridized carbons (Fsp3) is 0.308. The summed E-state index contributed by atoms with van der Waals surface area (Å²) in [6.07, 6.45) is 2.21. The third kappa shape index (κ3) is 3.54. The predicted molar refractivity (Wildman–Crippen MR) is 70.0 cm³/mol. The second-order valence-corrected chi connectivity index (χ2v) is 4.07. The first-order chi connectivity index (χ1) is 9.19. The Morgan fingerprint density at radius 3 is 2.68 bits per heavy atom. The fourth-order valence-corrected chi connectivity index (χ4v) is 1.65. The molecule has 0 aliphatic carbocycles. The van der Waals surface area contributed by atoms with Gasteiger partial charge in [0.2, 0.25) is 0 Å². The van der Waals surface area contributed by atoms with Crippen LogP contribution in [0.2, 0.25) is 0 Å². The monoisotopic (exact) mass is 260 g/mol. The molecule has 0 saturated carbocycles. The van der Waals surface area contributed by atoms with Crippen LogP contribution in [0.1, 0.15) is 16.1 Å². The van der Waals surface area contributed by atoms with E-state index >= 15 is 0 Å². The van der Waals surface area contributed by atoms with Crippen LogP contribution in [0.25, 0.3) is 0 Å². The fourth-order valence-electron chi connectivity index (χ4n) is 1.65. The molecule has 0 atom stereocenters. The van der Waals surface area contributed by atoms with E-state index in [-0.39, 0.29) is 5.91 Å². The van der Waals surface area contributed by atoms with Crippen molar-refractivity contribution < 1.29 is 9.53 Å². The highest BCUT2D eigenvalue weighted by molar-refractivity contribution is 5.91. The Morgan fingerprint density at radius 1 is 1.37 bits per heavy atom. The zero-order chi connectivity index (χ0) is 13.7. The maximum Gasteiger partial charge on any atom is 0.273 e. The molecule has 100 valence electrons. The van der Waals surface area contributed by atoms with E-state index in [0.717, 1.165) is 17.7 Å². The summed E-state index contributed by atoms with van der Waals surface area (Å²) >= 11 is 0. The molecule has 0 fully saturated rings. The Morgan fingerprint density at radius 2 is 2.11 bits per heavy atom. The molecule has 1 amide bonds. The molecule has 19 heavy (non-hydrogen) atoms. The molecule has 1 N–H and O–H groups in total. The number of amides is 1. The maximum absolute atomic E-state index is 11.7. The number of aromatic nitrogens is 3. The van der Waals surface area contributed by atoms with Crippen LogP contribution in [0, 0.1) is 0 Å². The number of rotatable bonds is 5. The first-order valence-electron chi connectivity index (χ1n) is 5.96. The normalized spacial score (nSPS) is 10.2. The molecule has 2 rings (SSSR count). The van der Waals surface area contributed by atoms with Crippen molar-refractivity contribution in [1.82, 2.24) is 20.3 Å². The molecule has 1 heterocycles. The summed E-state index contributed by atoms with van der Waals surface area (Å²) in [5.41, 5.74) is 1.47. The smallest absolute Gasteiger partial charge is 0.273 e. The molecular formula is C13H16N4O2. The number of benzene rings is 1. The Labute approximate surface area is 111 Å². The summed E-state index contributed by atoms with van der Waals surface area (Å²) in [6.45, 7) is 0.557.